The lowest BCUT2D eigenvalue weighted by Crippen LogP contribution is -2.25. The average molecular weight is 401 g/mol. The number of aryl methyl sites for hydroxylation is 1. The minimum Gasteiger partial charge on any atom is -0.382 e. The number of methoxy groups -OCH3 is 2. The fourth-order valence-electron chi connectivity index (χ4n) is 2.35. The highest BCUT2D eigenvalue weighted by Gasteiger charge is 2.14. The quantitative estimate of drug-likeness (QED) is 0.612. The summed E-state index contributed by atoms with van der Waals surface area (Å²) in [5, 5.41) is 9.09. The van der Waals surface area contributed by atoms with Crippen LogP contribution in [0.4, 0.5) is 5.82 Å². The van der Waals surface area contributed by atoms with Crippen LogP contribution in [0.1, 0.15) is 12.2 Å². The van der Waals surface area contributed by atoms with Gasteiger partial charge in [0.15, 0.2) is 11.6 Å². The van der Waals surface area contributed by atoms with Crippen LogP contribution in [0.5, 0.6) is 0 Å². The van der Waals surface area contributed by atoms with Gasteiger partial charge in [-0.25, -0.2) is 4.98 Å². The highest BCUT2D eigenvalue weighted by molar-refractivity contribution is 6.43. The van der Waals surface area contributed by atoms with Crippen molar-refractivity contribution in [3.63, 3.8) is 0 Å². The zero-order chi connectivity index (χ0) is 18.9. The molecule has 0 spiro atoms. The van der Waals surface area contributed by atoms with Gasteiger partial charge in [-0.1, -0.05) is 35.3 Å². The summed E-state index contributed by atoms with van der Waals surface area (Å²) in [6.45, 7) is 1.49. The van der Waals surface area contributed by atoms with E-state index in [9.17, 15) is 0 Å². The Morgan fingerprint density at radius 3 is 2.50 bits per heavy atom. The van der Waals surface area contributed by atoms with Crippen LogP contribution < -0.4 is 5.73 Å². The second-order valence-electron chi connectivity index (χ2n) is 5.57. The summed E-state index contributed by atoms with van der Waals surface area (Å²) >= 11 is 12.2. The van der Waals surface area contributed by atoms with E-state index in [1.165, 1.54) is 0 Å². The van der Waals surface area contributed by atoms with Crippen molar-refractivity contribution in [3.8, 4) is 11.3 Å². The summed E-state index contributed by atoms with van der Waals surface area (Å²) < 4.78 is 15.9. The number of hydrogen-bond donors (Lipinski definition) is 1. The van der Waals surface area contributed by atoms with Gasteiger partial charge in [0.1, 0.15) is 11.8 Å². The van der Waals surface area contributed by atoms with Gasteiger partial charge < -0.3 is 19.9 Å². The van der Waals surface area contributed by atoms with Crippen molar-refractivity contribution >= 4 is 29.0 Å². The van der Waals surface area contributed by atoms with E-state index in [1.807, 2.05) is 0 Å². The molecule has 7 nitrogen and oxygen atoms in total. The number of anilines is 1. The van der Waals surface area contributed by atoms with Crippen LogP contribution in [-0.2, 0) is 20.6 Å². The van der Waals surface area contributed by atoms with Gasteiger partial charge in [0, 0.05) is 32.8 Å². The lowest BCUT2D eigenvalue weighted by molar-refractivity contribution is -0.0417. The van der Waals surface area contributed by atoms with Crippen molar-refractivity contribution < 1.29 is 14.2 Å². The maximum absolute atomic E-state index is 6.20. The molecular weight excluding hydrogens is 379 g/mol. The highest BCUT2D eigenvalue weighted by Crippen LogP contribution is 2.34. The molecule has 2 aromatic rings. The monoisotopic (exact) mass is 400 g/mol. The van der Waals surface area contributed by atoms with Crippen LogP contribution in [0, 0.1) is 0 Å². The lowest BCUT2D eigenvalue weighted by atomic mass is 10.1. The lowest BCUT2D eigenvalue weighted by Gasteiger charge is -2.15. The molecular formula is C17H22Cl2N4O3. The van der Waals surface area contributed by atoms with Crippen LogP contribution in [0.25, 0.3) is 11.3 Å². The Morgan fingerprint density at radius 1 is 1.12 bits per heavy atom. The third-order valence-electron chi connectivity index (χ3n) is 3.57. The van der Waals surface area contributed by atoms with Crippen LogP contribution in [-0.4, -0.2) is 55.3 Å². The molecule has 0 saturated carbocycles. The average Bonchev–Trinajstić information content (AvgIpc) is 2.62. The van der Waals surface area contributed by atoms with Gasteiger partial charge in [-0.05, 0) is 12.5 Å². The normalized spacial score (nSPS) is 11.3. The Bertz CT molecular complexity index is 712. The van der Waals surface area contributed by atoms with Crippen LogP contribution in [0.3, 0.4) is 0 Å². The van der Waals surface area contributed by atoms with Gasteiger partial charge in [0.2, 0.25) is 0 Å². The largest absolute Gasteiger partial charge is 0.382 e. The molecule has 26 heavy (non-hydrogen) atoms. The molecule has 0 aliphatic carbocycles. The Morgan fingerprint density at radius 2 is 1.85 bits per heavy atom. The van der Waals surface area contributed by atoms with Gasteiger partial charge in [-0.15, -0.1) is 10.2 Å². The number of nitrogens with zero attached hydrogens (tertiary/aromatic N) is 3. The fraction of sp³-hybridized carbons (Fsp3) is 0.471. The molecule has 1 aromatic carbocycles. The number of halogens is 2. The zero-order valence-corrected chi connectivity index (χ0v) is 16.3. The van der Waals surface area contributed by atoms with Crippen molar-refractivity contribution in [2.45, 2.75) is 18.9 Å². The number of benzene rings is 1. The minimum atomic E-state index is -0.0959. The van der Waals surface area contributed by atoms with E-state index in [2.05, 4.69) is 15.2 Å². The van der Waals surface area contributed by atoms with E-state index >= 15 is 0 Å². The van der Waals surface area contributed by atoms with E-state index in [1.54, 1.807) is 32.4 Å². The number of rotatable bonds is 10. The number of hydrogen-bond acceptors (Lipinski definition) is 7. The zero-order valence-electron chi connectivity index (χ0n) is 14.7. The summed E-state index contributed by atoms with van der Waals surface area (Å²) in [7, 11) is 3.25. The number of aromatic nitrogens is 3. The number of ether oxygens (including phenoxy) is 3. The Hall–Kier alpha value is -1.51. The molecule has 0 aliphatic rings. The molecule has 1 aromatic heterocycles. The molecule has 142 valence electrons. The topological polar surface area (TPSA) is 92.4 Å². The van der Waals surface area contributed by atoms with E-state index in [0.29, 0.717) is 53.4 Å². The fourth-order valence-corrected chi connectivity index (χ4v) is 2.74. The molecule has 2 N–H and O–H groups in total. The van der Waals surface area contributed by atoms with Gasteiger partial charge in [0.25, 0.3) is 0 Å². The molecule has 1 heterocycles. The van der Waals surface area contributed by atoms with Crippen molar-refractivity contribution in [1.29, 1.82) is 0 Å². The predicted octanol–water partition coefficient (Wildman–Crippen LogP) is 3.04. The molecule has 0 aliphatic heterocycles. The van der Waals surface area contributed by atoms with E-state index in [4.69, 9.17) is 43.1 Å². The smallest absolute Gasteiger partial charge is 0.154 e. The first kappa shape index (κ1) is 20.8. The van der Waals surface area contributed by atoms with Crippen molar-refractivity contribution in [2.24, 2.45) is 0 Å². The summed E-state index contributed by atoms with van der Waals surface area (Å²) in [6.07, 6.45) is 1.22. The summed E-state index contributed by atoms with van der Waals surface area (Å²) in [4.78, 5) is 4.31. The van der Waals surface area contributed by atoms with Crippen molar-refractivity contribution in [2.75, 3.05) is 39.8 Å². The first-order valence-electron chi connectivity index (χ1n) is 8.09. The third kappa shape index (κ3) is 5.75. The van der Waals surface area contributed by atoms with E-state index < -0.39 is 0 Å². The van der Waals surface area contributed by atoms with Gasteiger partial charge in [-0.3, -0.25) is 0 Å². The first-order chi connectivity index (χ1) is 12.6. The Labute approximate surface area is 162 Å². The van der Waals surface area contributed by atoms with Gasteiger partial charge in [-0.2, -0.15) is 0 Å². The predicted molar refractivity (Wildman–Crippen MR) is 102 cm³/mol. The molecule has 9 heteroatoms. The highest BCUT2D eigenvalue weighted by atomic mass is 35.5. The van der Waals surface area contributed by atoms with Crippen molar-refractivity contribution in [1.82, 2.24) is 15.2 Å². The molecule has 0 unspecified atom stereocenters. The van der Waals surface area contributed by atoms with Gasteiger partial charge >= 0.3 is 0 Å². The second kappa shape index (κ2) is 10.6. The molecule has 0 radical (unpaired) electrons. The minimum absolute atomic E-state index is 0.0959. The van der Waals surface area contributed by atoms with Gasteiger partial charge in [0.05, 0.1) is 23.3 Å². The van der Waals surface area contributed by atoms with Crippen LogP contribution >= 0.6 is 23.2 Å². The third-order valence-corrected chi connectivity index (χ3v) is 4.39. The standard InChI is InChI=1S/C17H22Cl2N4O3/c1-24-9-11(10-25-2)26-8-4-7-14-21-17(20)16(23-22-14)12-5-3-6-13(18)15(12)19/h3,5-6,11H,4,7-10H2,1-2H3,(H2,20,21,22). The molecule has 0 fully saturated rings. The first-order valence-corrected chi connectivity index (χ1v) is 8.85. The van der Waals surface area contributed by atoms with Crippen LogP contribution in [0.15, 0.2) is 18.2 Å². The number of nitrogens with two attached hydrogens (primary N) is 1. The molecule has 0 amide bonds. The number of nitrogen functional groups attached to an aromatic ring is 1. The SMILES string of the molecule is COCC(COC)OCCCc1nnc(-c2cccc(Cl)c2Cl)c(N)n1. The second-order valence-corrected chi connectivity index (χ2v) is 6.36. The van der Waals surface area contributed by atoms with Crippen LogP contribution in [0.2, 0.25) is 10.0 Å². The molecule has 2 rings (SSSR count). The maximum Gasteiger partial charge on any atom is 0.154 e. The Balaban J connectivity index is 1.94. The van der Waals surface area contributed by atoms with E-state index in [-0.39, 0.29) is 11.9 Å². The van der Waals surface area contributed by atoms with E-state index in [0.717, 1.165) is 6.42 Å². The summed E-state index contributed by atoms with van der Waals surface area (Å²) in [5.41, 5.74) is 7.04. The molecule has 0 atom stereocenters. The molecule has 0 saturated heterocycles. The van der Waals surface area contributed by atoms with Crippen molar-refractivity contribution in [3.05, 3.63) is 34.1 Å². The Kier molecular flexibility index (Phi) is 8.47. The maximum atomic E-state index is 6.20. The molecule has 0 bridgehead atoms. The summed E-state index contributed by atoms with van der Waals surface area (Å²) in [6, 6.07) is 5.24. The summed E-state index contributed by atoms with van der Waals surface area (Å²) in [5.74, 6) is 0.805.